The minimum Gasteiger partial charge on any atom is -0.391 e. The van der Waals surface area contributed by atoms with Gasteiger partial charge < -0.3 is 10.2 Å². The zero-order valence-corrected chi connectivity index (χ0v) is 8.12. The smallest absolute Gasteiger partial charge is 0.0729 e. The van der Waals surface area contributed by atoms with Crippen molar-refractivity contribution in [3.05, 3.63) is 12.2 Å². The van der Waals surface area contributed by atoms with Crippen LogP contribution in [0.4, 0.5) is 0 Å². The van der Waals surface area contributed by atoms with E-state index >= 15 is 0 Å². The molecule has 0 aromatic rings. The van der Waals surface area contributed by atoms with E-state index in [1.165, 1.54) is 0 Å². The van der Waals surface area contributed by atoms with Gasteiger partial charge in [0.25, 0.3) is 0 Å². The number of hydrogen-bond donors (Lipinski definition) is 3. The van der Waals surface area contributed by atoms with Crippen LogP contribution in [0.15, 0.2) is 12.2 Å². The van der Waals surface area contributed by atoms with E-state index in [0.29, 0.717) is 0 Å². The maximum Gasteiger partial charge on any atom is 0.0729 e. The fraction of sp³-hybridized carbons (Fsp3) is 0.800. The molecule has 3 heteroatoms. The van der Waals surface area contributed by atoms with Gasteiger partial charge >= 0.3 is 0 Å². The zero-order chi connectivity index (χ0) is 9.69. The van der Waals surface area contributed by atoms with Crippen molar-refractivity contribution < 1.29 is 10.2 Å². The molecule has 74 valence electrons. The van der Waals surface area contributed by atoms with Crippen LogP contribution in [0, 0.1) is 0 Å². The van der Waals surface area contributed by atoms with Gasteiger partial charge in [-0.1, -0.05) is 12.2 Å². The van der Waals surface area contributed by atoms with Gasteiger partial charge in [0.15, 0.2) is 0 Å². The Kier molecular flexibility index (Phi) is 1.81. The second kappa shape index (κ2) is 2.56. The highest BCUT2D eigenvalue weighted by molar-refractivity contribution is 5.33. The highest BCUT2D eigenvalue weighted by Gasteiger charge is 2.53. The summed E-state index contributed by atoms with van der Waals surface area (Å²) in [5.74, 6) is 0. The number of fused-ring (bicyclic) bond motifs is 2. The molecule has 4 atom stereocenters. The van der Waals surface area contributed by atoms with Crippen molar-refractivity contribution in [3.63, 3.8) is 0 Å². The van der Waals surface area contributed by atoms with Gasteiger partial charge in [-0.2, -0.15) is 0 Å². The molecule has 2 rings (SSSR count). The molecular weight excluding hydrogens is 166 g/mol. The first-order valence-electron chi connectivity index (χ1n) is 4.87. The van der Waals surface area contributed by atoms with Gasteiger partial charge in [0, 0.05) is 0 Å². The molecule has 2 aliphatic heterocycles. The van der Waals surface area contributed by atoms with E-state index in [2.05, 4.69) is 5.32 Å². The molecule has 2 bridgehead atoms. The molecule has 0 amide bonds. The SMILES string of the molecule is CC(O)C12C=CC(C(C)O)(CC1)N2. The lowest BCUT2D eigenvalue weighted by atomic mass is 9.84. The Morgan fingerprint density at radius 1 is 1.08 bits per heavy atom. The molecule has 13 heavy (non-hydrogen) atoms. The number of hydrogen-bond acceptors (Lipinski definition) is 3. The van der Waals surface area contributed by atoms with Crippen molar-refractivity contribution in [1.29, 1.82) is 0 Å². The third-order valence-corrected chi connectivity index (χ3v) is 3.59. The summed E-state index contributed by atoms with van der Waals surface area (Å²) >= 11 is 0. The van der Waals surface area contributed by atoms with Crippen molar-refractivity contribution in [2.75, 3.05) is 0 Å². The van der Waals surface area contributed by atoms with Crippen LogP contribution >= 0.6 is 0 Å². The van der Waals surface area contributed by atoms with Crippen LogP contribution in [0.1, 0.15) is 26.7 Å². The lowest BCUT2D eigenvalue weighted by molar-refractivity contribution is 0.0889. The topological polar surface area (TPSA) is 52.5 Å². The summed E-state index contributed by atoms with van der Waals surface area (Å²) in [6.45, 7) is 3.58. The van der Waals surface area contributed by atoms with Crippen molar-refractivity contribution in [1.82, 2.24) is 5.32 Å². The third-order valence-electron chi connectivity index (χ3n) is 3.59. The molecule has 3 N–H and O–H groups in total. The van der Waals surface area contributed by atoms with Crippen LogP contribution in [0.3, 0.4) is 0 Å². The Labute approximate surface area is 78.5 Å². The predicted octanol–water partition coefficient (Wildman–Crippen LogP) is 0.179. The van der Waals surface area contributed by atoms with E-state index in [4.69, 9.17) is 0 Å². The summed E-state index contributed by atoms with van der Waals surface area (Å²) in [5.41, 5.74) is -0.562. The quantitative estimate of drug-likeness (QED) is 0.535. The van der Waals surface area contributed by atoms with Crippen LogP contribution in [-0.2, 0) is 0 Å². The summed E-state index contributed by atoms with van der Waals surface area (Å²) in [7, 11) is 0. The Morgan fingerprint density at radius 2 is 1.46 bits per heavy atom. The number of aliphatic hydroxyl groups excluding tert-OH is 2. The maximum atomic E-state index is 9.63. The predicted molar refractivity (Wildman–Crippen MR) is 50.3 cm³/mol. The third kappa shape index (κ3) is 1.08. The first-order chi connectivity index (χ1) is 6.01. The molecule has 0 spiro atoms. The molecule has 0 radical (unpaired) electrons. The minimum atomic E-state index is -0.396. The molecule has 0 aromatic heterocycles. The summed E-state index contributed by atoms with van der Waals surface area (Å²) in [4.78, 5) is 0. The summed E-state index contributed by atoms with van der Waals surface area (Å²) in [5, 5.41) is 22.6. The van der Waals surface area contributed by atoms with Crippen LogP contribution in [0.2, 0.25) is 0 Å². The zero-order valence-electron chi connectivity index (χ0n) is 8.12. The Bertz CT molecular complexity index is 225. The summed E-state index contributed by atoms with van der Waals surface area (Å²) in [6, 6.07) is 0. The lowest BCUT2D eigenvalue weighted by Gasteiger charge is -2.29. The van der Waals surface area contributed by atoms with Gasteiger partial charge in [-0.15, -0.1) is 0 Å². The molecule has 1 saturated heterocycles. The van der Waals surface area contributed by atoms with Crippen LogP contribution in [-0.4, -0.2) is 33.5 Å². The van der Waals surface area contributed by atoms with Gasteiger partial charge in [0.1, 0.15) is 0 Å². The van der Waals surface area contributed by atoms with E-state index in [0.717, 1.165) is 12.8 Å². The average molecular weight is 183 g/mol. The van der Waals surface area contributed by atoms with E-state index < -0.39 is 12.2 Å². The van der Waals surface area contributed by atoms with Gasteiger partial charge in [0.05, 0.1) is 23.3 Å². The van der Waals surface area contributed by atoms with Crippen LogP contribution < -0.4 is 5.32 Å². The van der Waals surface area contributed by atoms with Crippen molar-refractivity contribution >= 4 is 0 Å². The summed E-state index contributed by atoms with van der Waals surface area (Å²) in [6.07, 6.45) is 5.04. The fourth-order valence-electron chi connectivity index (χ4n) is 2.42. The van der Waals surface area contributed by atoms with Crippen molar-refractivity contribution in [2.24, 2.45) is 0 Å². The molecule has 3 nitrogen and oxygen atoms in total. The number of nitrogens with one attached hydrogen (secondary N) is 1. The van der Waals surface area contributed by atoms with Crippen LogP contribution in [0.25, 0.3) is 0 Å². The van der Waals surface area contributed by atoms with Gasteiger partial charge in [-0.05, 0) is 26.7 Å². The number of aliphatic hydroxyl groups is 2. The number of rotatable bonds is 2. The second-order valence-electron chi connectivity index (χ2n) is 4.39. The molecule has 2 heterocycles. The highest BCUT2D eigenvalue weighted by atomic mass is 16.3. The Balaban J connectivity index is 2.26. The minimum absolute atomic E-state index is 0.281. The summed E-state index contributed by atoms with van der Waals surface area (Å²) < 4.78 is 0. The molecule has 2 aliphatic rings. The van der Waals surface area contributed by atoms with Crippen LogP contribution in [0.5, 0.6) is 0 Å². The molecule has 4 unspecified atom stereocenters. The van der Waals surface area contributed by atoms with Gasteiger partial charge in [-0.25, -0.2) is 0 Å². The van der Waals surface area contributed by atoms with E-state index in [1.807, 2.05) is 12.2 Å². The second-order valence-corrected chi connectivity index (χ2v) is 4.39. The van der Waals surface area contributed by atoms with E-state index in [-0.39, 0.29) is 11.1 Å². The molecule has 0 aromatic carbocycles. The van der Waals surface area contributed by atoms with Gasteiger partial charge in [-0.3, -0.25) is 5.32 Å². The van der Waals surface area contributed by atoms with E-state index in [9.17, 15) is 10.2 Å². The Morgan fingerprint density at radius 3 is 1.62 bits per heavy atom. The Hall–Kier alpha value is -0.380. The lowest BCUT2D eigenvalue weighted by Crippen LogP contribution is -2.53. The molecule has 0 saturated carbocycles. The van der Waals surface area contributed by atoms with Crippen molar-refractivity contribution in [3.8, 4) is 0 Å². The molecular formula is C10H17NO2. The normalized spacial score (nSPS) is 46.8. The van der Waals surface area contributed by atoms with Crippen molar-refractivity contribution in [2.45, 2.75) is 50.0 Å². The monoisotopic (exact) mass is 183 g/mol. The van der Waals surface area contributed by atoms with E-state index in [1.54, 1.807) is 13.8 Å². The first kappa shape index (κ1) is 9.19. The largest absolute Gasteiger partial charge is 0.391 e. The first-order valence-corrected chi connectivity index (χ1v) is 4.87. The standard InChI is InChI=1S/C10H17NO2/c1-7(12)9-3-5-10(11-9,6-4-9)8(2)13/h3,5,7-8,11-13H,4,6H2,1-2H3. The molecule has 0 aliphatic carbocycles. The fourth-order valence-corrected chi connectivity index (χ4v) is 2.42. The maximum absolute atomic E-state index is 9.63. The molecule has 1 fully saturated rings. The van der Waals surface area contributed by atoms with Gasteiger partial charge in [0.2, 0.25) is 0 Å². The highest BCUT2D eigenvalue weighted by Crippen LogP contribution is 2.42. The average Bonchev–Trinajstić information content (AvgIpc) is 2.61.